The number of pyridine rings is 1. The van der Waals surface area contributed by atoms with Crippen molar-refractivity contribution in [2.45, 2.75) is 33.1 Å². The Bertz CT molecular complexity index is 616. The number of carbonyl (C=O) groups is 1. The van der Waals surface area contributed by atoms with Crippen LogP contribution >= 0.6 is 0 Å². The first kappa shape index (κ1) is 19.1. The van der Waals surface area contributed by atoms with Gasteiger partial charge in [-0.3, -0.25) is 9.78 Å². The Kier molecular flexibility index (Phi) is 6.14. The van der Waals surface area contributed by atoms with Crippen molar-refractivity contribution in [2.75, 3.05) is 50.9 Å². The molecule has 0 radical (unpaired) electrons. The number of aliphatic hydroxyl groups is 1. The van der Waals surface area contributed by atoms with E-state index in [2.05, 4.69) is 23.7 Å². The van der Waals surface area contributed by atoms with E-state index in [9.17, 15) is 9.90 Å². The van der Waals surface area contributed by atoms with E-state index in [1.807, 2.05) is 17.0 Å². The van der Waals surface area contributed by atoms with Crippen LogP contribution in [0, 0.1) is 11.3 Å². The predicted molar refractivity (Wildman–Crippen MR) is 101 cm³/mol. The van der Waals surface area contributed by atoms with Crippen molar-refractivity contribution in [3.63, 3.8) is 0 Å². The Morgan fingerprint density at radius 2 is 2.12 bits per heavy atom. The maximum atomic E-state index is 12.7. The molecule has 0 unspecified atom stereocenters. The summed E-state index contributed by atoms with van der Waals surface area (Å²) in [5.41, 5.74) is 1.47. The maximum absolute atomic E-state index is 12.7. The Morgan fingerprint density at radius 1 is 1.35 bits per heavy atom. The summed E-state index contributed by atoms with van der Waals surface area (Å²) in [6, 6.07) is 3.87. The van der Waals surface area contributed by atoms with Gasteiger partial charge in [0.05, 0.1) is 19.8 Å². The highest BCUT2D eigenvalue weighted by atomic mass is 16.5. The summed E-state index contributed by atoms with van der Waals surface area (Å²) in [6.45, 7) is 8.84. The molecule has 0 bridgehead atoms. The zero-order valence-corrected chi connectivity index (χ0v) is 16.0. The predicted octanol–water partition coefficient (Wildman–Crippen LogP) is 2.18. The highest BCUT2D eigenvalue weighted by Crippen LogP contribution is 2.37. The fraction of sp³-hybridized carbons (Fsp3) is 0.700. The number of aromatic nitrogens is 1. The summed E-state index contributed by atoms with van der Waals surface area (Å²) in [7, 11) is 0. The summed E-state index contributed by atoms with van der Waals surface area (Å²) >= 11 is 0. The number of rotatable bonds is 5. The van der Waals surface area contributed by atoms with Crippen LogP contribution in [-0.4, -0.2) is 66.9 Å². The van der Waals surface area contributed by atoms with E-state index < -0.39 is 0 Å². The number of hydrogen-bond acceptors (Lipinski definition) is 5. The van der Waals surface area contributed by atoms with Crippen LogP contribution in [0.1, 0.15) is 43.6 Å². The minimum absolute atomic E-state index is 0.0252. The molecule has 1 atom stereocenters. The number of morpholine rings is 1. The van der Waals surface area contributed by atoms with Gasteiger partial charge in [-0.25, -0.2) is 0 Å². The van der Waals surface area contributed by atoms with Crippen LogP contribution in [0.4, 0.5) is 5.69 Å². The molecular weight excluding hydrogens is 330 g/mol. The Balaban J connectivity index is 1.75. The topological polar surface area (TPSA) is 65.9 Å². The number of aliphatic hydroxyl groups excluding tert-OH is 1. The van der Waals surface area contributed by atoms with Crippen LogP contribution in [-0.2, 0) is 4.74 Å². The van der Waals surface area contributed by atoms with Crippen LogP contribution in [0.2, 0.25) is 0 Å². The van der Waals surface area contributed by atoms with Crippen molar-refractivity contribution in [3.8, 4) is 0 Å². The van der Waals surface area contributed by atoms with Gasteiger partial charge in [0.1, 0.15) is 5.69 Å². The first-order chi connectivity index (χ1) is 12.5. The van der Waals surface area contributed by atoms with Crippen molar-refractivity contribution in [3.05, 3.63) is 24.0 Å². The summed E-state index contributed by atoms with van der Waals surface area (Å²) < 4.78 is 5.33. The van der Waals surface area contributed by atoms with Gasteiger partial charge in [-0.05, 0) is 37.3 Å². The van der Waals surface area contributed by atoms with Crippen LogP contribution < -0.4 is 4.90 Å². The van der Waals surface area contributed by atoms with Crippen LogP contribution in [0.5, 0.6) is 0 Å². The van der Waals surface area contributed by atoms with Crippen molar-refractivity contribution < 1.29 is 14.6 Å². The normalized spacial score (nSPS) is 24.2. The van der Waals surface area contributed by atoms with Gasteiger partial charge in [0.2, 0.25) is 0 Å². The lowest BCUT2D eigenvalue weighted by Gasteiger charge is -2.44. The molecule has 1 amide bonds. The van der Waals surface area contributed by atoms with Gasteiger partial charge in [-0.2, -0.15) is 0 Å². The van der Waals surface area contributed by atoms with Crippen LogP contribution in [0.15, 0.2) is 18.3 Å². The summed E-state index contributed by atoms with van der Waals surface area (Å²) in [5.74, 6) is 0.528. The van der Waals surface area contributed by atoms with Gasteiger partial charge in [-0.15, -0.1) is 0 Å². The third kappa shape index (κ3) is 4.35. The SMILES string of the molecule is CC(C)C[C@]1(CO)CCCN(c2ccnc(C(=O)N3CCOCC3)c2)C1. The molecule has 0 saturated carbocycles. The van der Waals surface area contributed by atoms with Gasteiger partial charge >= 0.3 is 0 Å². The average molecular weight is 361 g/mol. The van der Waals surface area contributed by atoms with Gasteiger partial charge in [0.15, 0.2) is 0 Å². The third-order valence-corrected chi connectivity index (χ3v) is 5.46. The number of amides is 1. The largest absolute Gasteiger partial charge is 0.396 e. The van der Waals surface area contributed by atoms with E-state index in [-0.39, 0.29) is 17.9 Å². The lowest BCUT2D eigenvalue weighted by Crippen LogP contribution is -2.46. The number of nitrogens with zero attached hydrogens (tertiary/aromatic N) is 3. The molecule has 1 N–H and O–H groups in total. The fourth-order valence-corrected chi connectivity index (χ4v) is 4.32. The molecule has 3 rings (SSSR count). The summed E-state index contributed by atoms with van der Waals surface area (Å²) in [5, 5.41) is 10.1. The van der Waals surface area contributed by atoms with Gasteiger partial charge in [0.25, 0.3) is 5.91 Å². The summed E-state index contributed by atoms with van der Waals surface area (Å²) in [6.07, 6.45) is 4.86. The molecule has 3 heterocycles. The molecule has 2 saturated heterocycles. The van der Waals surface area contributed by atoms with E-state index >= 15 is 0 Å². The number of ether oxygens (including phenoxy) is 1. The quantitative estimate of drug-likeness (QED) is 0.871. The van der Waals surface area contributed by atoms with E-state index in [0.717, 1.165) is 38.0 Å². The molecule has 0 aliphatic carbocycles. The molecule has 6 nitrogen and oxygen atoms in total. The van der Waals surface area contributed by atoms with Gasteiger partial charge < -0.3 is 19.6 Å². The van der Waals surface area contributed by atoms with Crippen LogP contribution in [0.3, 0.4) is 0 Å². The van der Waals surface area contributed by atoms with E-state index in [0.29, 0.717) is 37.9 Å². The zero-order chi connectivity index (χ0) is 18.6. The standard InChI is InChI=1S/C20H31N3O3/c1-16(2)13-20(15-24)5-3-7-23(14-20)17-4-6-21-18(12-17)19(25)22-8-10-26-11-9-22/h4,6,12,16,24H,3,5,7-11,13-15H2,1-2H3/t20-/m1/s1. The molecule has 1 aromatic rings. The first-order valence-electron chi connectivity index (χ1n) is 9.72. The summed E-state index contributed by atoms with van der Waals surface area (Å²) in [4.78, 5) is 21.1. The third-order valence-electron chi connectivity index (χ3n) is 5.46. The Hall–Kier alpha value is -1.66. The van der Waals surface area contributed by atoms with E-state index in [4.69, 9.17) is 4.74 Å². The highest BCUT2D eigenvalue weighted by Gasteiger charge is 2.35. The minimum Gasteiger partial charge on any atom is -0.396 e. The zero-order valence-electron chi connectivity index (χ0n) is 16.0. The first-order valence-corrected chi connectivity index (χ1v) is 9.72. The number of carbonyl (C=O) groups excluding carboxylic acids is 1. The molecule has 2 aliphatic rings. The molecule has 0 aromatic carbocycles. The van der Waals surface area contributed by atoms with Gasteiger partial charge in [-0.1, -0.05) is 13.8 Å². The Labute approximate surface area is 156 Å². The molecular formula is C20H31N3O3. The maximum Gasteiger partial charge on any atom is 0.272 e. The van der Waals surface area contributed by atoms with E-state index in [1.54, 1.807) is 6.20 Å². The van der Waals surface area contributed by atoms with E-state index in [1.165, 1.54) is 0 Å². The average Bonchev–Trinajstić information content (AvgIpc) is 2.68. The smallest absolute Gasteiger partial charge is 0.272 e. The second-order valence-corrected chi connectivity index (χ2v) is 8.09. The fourth-order valence-electron chi connectivity index (χ4n) is 4.32. The van der Waals surface area contributed by atoms with Crippen LogP contribution in [0.25, 0.3) is 0 Å². The second kappa shape index (κ2) is 8.35. The second-order valence-electron chi connectivity index (χ2n) is 8.09. The molecule has 26 heavy (non-hydrogen) atoms. The van der Waals surface area contributed by atoms with Gasteiger partial charge in [0, 0.05) is 43.5 Å². The van der Waals surface area contributed by atoms with Crippen molar-refractivity contribution in [1.82, 2.24) is 9.88 Å². The number of piperidine rings is 1. The highest BCUT2D eigenvalue weighted by molar-refractivity contribution is 5.93. The number of hydrogen-bond donors (Lipinski definition) is 1. The molecule has 1 aromatic heterocycles. The molecule has 6 heteroatoms. The monoisotopic (exact) mass is 361 g/mol. The molecule has 144 valence electrons. The molecule has 0 spiro atoms. The lowest BCUT2D eigenvalue weighted by molar-refractivity contribution is 0.0299. The molecule has 2 aliphatic heterocycles. The van der Waals surface area contributed by atoms with Crippen molar-refractivity contribution in [1.29, 1.82) is 0 Å². The Morgan fingerprint density at radius 3 is 2.81 bits per heavy atom. The van der Waals surface area contributed by atoms with Crippen molar-refractivity contribution in [2.24, 2.45) is 11.3 Å². The molecule has 2 fully saturated rings. The van der Waals surface area contributed by atoms with Crippen molar-refractivity contribution >= 4 is 11.6 Å². The number of anilines is 1. The lowest BCUT2D eigenvalue weighted by atomic mass is 9.74. The minimum atomic E-state index is -0.0515.